The van der Waals surface area contributed by atoms with E-state index in [0.717, 1.165) is 11.3 Å². The fourth-order valence-electron chi connectivity index (χ4n) is 4.33. The van der Waals surface area contributed by atoms with Crippen LogP contribution in [0, 0.1) is 40.9 Å². The number of nitrogens with one attached hydrogen (secondary N) is 1. The maximum Gasteiger partial charge on any atom is 0.363 e. The van der Waals surface area contributed by atoms with Gasteiger partial charge in [0.25, 0.3) is 0 Å². The lowest BCUT2D eigenvalue weighted by atomic mass is 9.92. The van der Waals surface area contributed by atoms with Crippen LogP contribution in [-0.2, 0) is 14.3 Å². The van der Waals surface area contributed by atoms with Crippen LogP contribution in [0.3, 0.4) is 0 Å². The number of hydrogen-bond acceptors (Lipinski definition) is 8. The normalized spacial score (nSPS) is 14.7. The maximum absolute atomic E-state index is 14.0. The molecule has 2 amide bonds. The van der Waals surface area contributed by atoms with Gasteiger partial charge in [-0.05, 0) is 39.8 Å². The molecule has 252 valence electrons. The molecule has 15 heteroatoms. The third-order valence-corrected chi connectivity index (χ3v) is 9.10. The number of benzene rings is 1. The van der Waals surface area contributed by atoms with Gasteiger partial charge in [-0.3, -0.25) is 14.5 Å². The molecule has 45 heavy (non-hydrogen) atoms. The molecule has 0 aliphatic rings. The number of likely N-dealkylation sites (N-methyl/N-ethyl adjacent to an activating group) is 2. The van der Waals surface area contributed by atoms with Crippen LogP contribution in [0.1, 0.15) is 76.0 Å². The van der Waals surface area contributed by atoms with Gasteiger partial charge >= 0.3 is 5.97 Å². The highest BCUT2D eigenvalue weighted by Gasteiger charge is 2.38. The maximum atomic E-state index is 14.0. The fraction of sp³-hybridized carbons (Fsp3) is 0.600. The number of amides is 2. The molecule has 0 saturated heterocycles. The van der Waals surface area contributed by atoms with Crippen molar-refractivity contribution in [3.05, 3.63) is 45.2 Å². The summed E-state index contributed by atoms with van der Waals surface area (Å²) in [5, 5.41) is 4.36. The van der Waals surface area contributed by atoms with Crippen molar-refractivity contribution in [2.24, 2.45) is 11.8 Å². The number of hydrogen-bond donors (Lipinski definition) is 1. The Labute approximate surface area is 264 Å². The minimum Gasteiger partial charge on any atom is -0.415 e. The van der Waals surface area contributed by atoms with Crippen LogP contribution in [-0.4, -0.2) is 78.4 Å². The first-order chi connectivity index (χ1) is 20.8. The Kier molecular flexibility index (Phi) is 13.0. The first-order valence-electron chi connectivity index (χ1n) is 14.3. The lowest BCUT2D eigenvalue weighted by molar-refractivity contribution is -0.142. The molecule has 2 aromatic rings. The van der Waals surface area contributed by atoms with Gasteiger partial charge in [0.15, 0.2) is 5.69 Å². The van der Waals surface area contributed by atoms with Gasteiger partial charge in [0.2, 0.25) is 46.6 Å². The molecular formula is C30H41F5N4O5S. The molecule has 1 aromatic heterocycles. The molecule has 0 spiro atoms. The van der Waals surface area contributed by atoms with E-state index in [1.165, 1.54) is 12.5 Å². The number of carbonyl (C=O) groups is 3. The van der Waals surface area contributed by atoms with Gasteiger partial charge in [0.05, 0.1) is 5.54 Å². The van der Waals surface area contributed by atoms with Gasteiger partial charge in [-0.1, -0.05) is 34.1 Å². The summed E-state index contributed by atoms with van der Waals surface area (Å²) in [6.45, 7) is 11.1. The number of halogens is 5. The van der Waals surface area contributed by atoms with Crippen molar-refractivity contribution in [3.63, 3.8) is 0 Å². The van der Waals surface area contributed by atoms with Crippen LogP contribution in [0.5, 0.6) is 5.75 Å². The number of ether oxygens (including phenoxy) is 2. The molecule has 0 aliphatic heterocycles. The summed E-state index contributed by atoms with van der Waals surface area (Å²) in [6.07, 6.45) is 0.0707. The number of thiazole rings is 1. The van der Waals surface area contributed by atoms with Crippen LogP contribution >= 0.6 is 11.3 Å². The van der Waals surface area contributed by atoms with E-state index in [1.54, 1.807) is 44.8 Å². The average molecular weight is 665 g/mol. The van der Waals surface area contributed by atoms with E-state index >= 15 is 0 Å². The fourth-order valence-corrected chi connectivity index (χ4v) is 5.21. The van der Waals surface area contributed by atoms with Gasteiger partial charge in [-0.25, -0.2) is 22.9 Å². The number of rotatable bonds is 14. The Morgan fingerprint density at radius 2 is 1.51 bits per heavy atom. The molecule has 0 fully saturated rings. The lowest BCUT2D eigenvalue weighted by Crippen LogP contribution is -2.60. The van der Waals surface area contributed by atoms with Gasteiger partial charge in [-0.15, -0.1) is 11.3 Å². The zero-order chi connectivity index (χ0) is 34.5. The first kappa shape index (κ1) is 38.0. The summed E-state index contributed by atoms with van der Waals surface area (Å²) in [7, 11) is 6.57. The highest BCUT2D eigenvalue weighted by molar-refractivity contribution is 7.09. The van der Waals surface area contributed by atoms with Crippen LogP contribution in [0.2, 0.25) is 0 Å². The Hall–Kier alpha value is -3.17. The highest BCUT2D eigenvalue weighted by atomic mass is 32.1. The molecule has 0 aliphatic carbocycles. The van der Waals surface area contributed by atoms with Crippen molar-refractivity contribution < 1.29 is 45.8 Å². The van der Waals surface area contributed by atoms with Crippen molar-refractivity contribution >= 4 is 29.1 Å². The Bertz CT molecular complexity index is 1360. The van der Waals surface area contributed by atoms with Crippen molar-refractivity contribution in [3.8, 4) is 5.75 Å². The summed E-state index contributed by atoms with van der Waals surface area (Å²) >= 11 is 0.943. The van der Waals surface area contributed by atoms with Crippen molar-refractivity contribution in [1.29, 1.82) is 0 Å². The summed E-state index contributed by atoms with van der Waals surface area (Å²) in [4.78, 5) is 47.0. The second kappa shape index (κ2) is 15.4. The van der Waals surface area contributed by atoms with Crippen LogP contribution < -0.4 is 10.1 Å². The van der Waals surface area contributed by atoms with Gasteiger partial charge in [0.1, 0.15) is 17.2 Å². The number of carbonyl (C=O) groups excluding carboxylic acids is 3. The first-order valence-corrected chi connectivity index (χ1v) is 15.2. The van der Waals surface area contributed by atoms with E-state index in [-0.39, 0.29) is 35.1 Å². The zero-order valence-electron chi connectivity index (χ0n) is 27.1. The number of nitrogens with zero attached hydrogens (tertiary/aromatic N) is 3. The summed E-state index contributed by atoms with van der Waals surface area (Å²) in [5.41, 5.74) is -1.32. The van der Waals surface area contributed by atoms with Crippen LogP contribution in [0.15, 0.2) is 5.38 Å². The van der Waals surface area contributed by atoms with E-state index in [9.17, 15) is 36.3 Å². The number of methoxy groups -OCH3 is 1. The van der Waals surface area contributed by atoms with E-state index in [0.29, 0.717) is 6.42 Å². The molecule has 0 saturated carbocycles. The summed E-state index contributed by atoms with van der Waals surface area (Å²) < 4.78 is 78.6. The third kappa shape index (κ3) is 8.36. The van der Waals surface area contributed by atoms with Crippen LogP contribution in [0.4, 0.5) is 22.0 Å². The number of aromatic nitrogens is 1. The molecule has 1 aromatic carbocycles. The van der Waals surface area contributed by atoms with E-state index < -0.39 is 70.2 Å². The molecule has 4 atom stereocenters. The van der Waals surface area contributed by atoms with Crippen molar-refractivity contribution in [2.45, 2.75) is 78.1 Å². The van der Waals surface area contributed by atoms with Crippen molar-refractivity contribution in [1.82, 2.24) is 20.1 Å². The van der Waals surface area contributed by atoms with Crippen molar-refractivity contribution in [2.75, 3.05) is 28.3 Å². The Morgan fingerprint density at radius 3 is 1.98 bits per heavy atom. The lowest BCUT2D eigenvalue weighted by Gasteiger charge is -2.38. The standard InChI is InChI=1S/C30H41F5N4O5S/c1-11-15(4)24(37-29(42)30(5,6)38(7)8)27(40)39(9)17(14(2)3)12-18(43-10)26-36-16(13-45-26)28(41)44-25-22(34)20(32)19(31)21(33)23(25)35/h13-15,17-18,24H,11-12H2,1-10H3,(H,37,42)/t15-,17+,18+,24-/m0/s1. The summed E-state index contributed by atoms with van der Waals surface area (Å²) in [5.74, 6) is -15.6. The molecule has 0 unspecified atom stereocenters. The second-order valence-corrected chi connectivity index (χ2v) is 12.8. The van der Waals surface area contributed by atoms with Gasteiger partial charge in [-0.2, -0.15) is 8.78 Å². The molecular weight excluding hydrogens is 623 g/mol. The molecule has 0 bridgehead atoms. The largest absolute Gasteiger partial charge is 0.415 e. The smallest absolute Gasteiger partial charge is 0.363 e. The SMILES string of the molecule is CC[C@H](C)[C@H](NC(=O)C(C)(C)N(C)C)C(=O)N(C)[C@H](C[C@@H](OC)c1nc(C(=O)Oc2c(F)c(F)c(F)c(F)c2F)cs1)C(C)C. The van der Waals surface area contributed by atoms with E-state index in [4.69, 9.17) is 4.74 Å². The molecule has 0 radical (unpaired) electrons. The molecule has 1 N–H and O–H groups in total. The molecule has 1 heterocycles. The molecule has 9 nitrogen and oxygen atoms in total. The topological polar surface area (TPSA) is 101 Å². The Morgan fingerprint density at radius 1 is 0.978 bits per heavy atom. The predicted molar refractivity (Wildman–Crippen MR) is 158 cm³/mol. The second-order valence-electron chi connectivity index (χ2n) is 11.9. The van der Waals surface area contributed by atoms with Gasteiger partial charge in [0, 0.05) is 32.0 Å². The van der Waals surface area contributed by atoms with Gasteiger partial charge < -0.3 is 19.7 Å². The van der Waals surface area contributed by atoms with Crippen LogP contribution in [0.25, 0.3) is 0 Å². The predicted octanol–water partition coefficient (Wildman–Crippen LogP) is 5.49. The minimum atomic E-state index is -2.39. The molecule has 2 rings (SSSR count). The Balaban J connectivity index is 2.30. The van der Waals surface area contributed by atoms with E-state index in [2.05, 4.69) is 15.0 Å². The third-order valence-electron chi connectivity index (χ3n) is 8.16. The quantitative estimate of drug-likeness (QED) is 0.0938. The zero-order valence-corrected chi connectivity index (χ0v) is 27.9. The monoisotopic (exact) mass is 664 g/mol. The number of esters is 1. The minimum absolute atomic E-state index is 0.0956. The summed E-state index contributed by atoms with van der Waals surface area (Å²) in [6, 6.07) is -1.24. The average Bonchev–Trinajstić information content (AvgIpc) is 3.49. The van der Waals surface area contributed by atoms with E-state index in [1.807, 2.05) is 27.7 Å². The highest BCUT2D eigenvalue weighted by Crippen LogP contribution is 2.32.